The van der Waals surface area contributed by atoms with Crippen molar-refractivity contribution in [3.63, 3.8) is 0 Å². The average molecular weight is 314 g/mol. The predicted octanol–water partition coefficient (Wildman–Crippen LogP) is 3.44. The van der Waals surface area contributed by atoms with Gasteiger partial charge in [-0.3, -0.25) is 14.6 Å². The van der Waals surface area contributed by atoms with Gasteiger partial charge in [0.05, 0.1) is 4.88 Å². The third-order valence-electron chi connectivity index (χ3n) is 4.32. The van der Waals surface area contributed by atoms with Crippen LogP contribution in [0.25, 0.3) is 0 Å². The third-order valence-corrected chi connectivity index (χ3v) is 5.40. The van der Waals surface area contributed by atoms with Gasteiger partial charge in [0.25, 0.3) is 0 Å². The van der Waals surface area contributed by atoms with E-state index in [-0.39, 0.29) is 5.78 Å². The van der Waals surface area contributed by atoms with Gasteiger partial charge in [0, 0.05) is 32.2 Å². The van der Waals surface area contributed by atoms with Crippen LogP contribution >= 0.6 is 11.3 Å². The molecule has 0 radical (unpaired) electrons. The van der Waals surface area contributed by atoms with Gasteiger partial charge >= 0.3 is 0 Å². The number of likely N-dealkylation sites (N-methyl/N-ethyl adjacent to an activating group) is 1. The van der Waals surface area contributed by atoms with Gasteiger partial charge < -0.3 is 0 Å². The molecule has 1 fully saturated rings. The number of hydrogen-bond acceptors (Lipinski definition) is 4. The predicted molar refractivity (Wildman–Crippen MR) is 91.4 cm³/mol. The lowest BCUT2D eigenvalue weighted by molar-refractivity contribution is 0.0905. The Morgan fingerprint density at radius 1 is 1.27 bits per heavy atom. The van der Waals surface area contributed by atoms with Crippen molar-refractivity contribution < 1.29 is 4.79 Å². The number of hydrogen-bond donors (Lipinski definition) is 0. The van der Waals surface area contributed by atoms with E-state index in [2.05, 4.69) is 52.6 Å². The molecule has 1 aliphatic rings. The van der Waals surface area contributed by atoms with Crippen LogP contribution in [0.1, 0.15) is 33.8 Å². The van der Waals surface area contributed by atoms with E-state index in [0.29, 0.717) is 6.04 Å². The zero-order chi connectivity index (χ0) is 15.5. The van der Waals surface area contributed by atoms with Crippen molar-refractivity contribution in [3.05, 3.63) is 57.8 Å². The summed E-state index contributed by atoms with van der Waals surface area (Å²) in [6.45, 7) is 5.75. The monoisotopic (exact) mass is 314 g/mol. The zero-order valence-electron chi connectivity index (χ0n) is 13.2. The largest absolute Gasteiger partial charge is 0.297 e. The number of carbonyl (C=O) groups is 1. The van der Waals surface area contributed by atoms with Gasteiger partial charge in [0.15, 0.2) is 5.78 Å². The van der Waals surface area contributed by atoms with Crippen LogP contribution in [-0.4, -0.2) is 42.3 Å². The van der Waals surface area contributed by atoms with Crippen LogP contribution in [0.3, 0.4) is 0 Å². The van der Waals surface area contributed by atoms with E-state index >= 15 is 0 Å². The minimum absolute atomic E-state index is 0.164. The first kappa shape index (κ1) is 15.4. The molecule has 0 aliphatic carbocycles. The van der Waals surface area contributed by atoms with Gasteiger partial charge in [0.1, 0.15) is 0 Å². The smallest absolute Gasteiger partial charge is 0.169 e. The highest BCUT2D eigenvalue weighted by Gasteiger charge is 2.25. The topological polar surface area (TPSA) is 23.6 Å². The van der Waals surface area contributed by atoms with Crippen LogP contribution in [0, 0.1) is 0 Å². The van der Waals surface area contributed by atoms with Crippen LogP contribution in [0.2, 0.25) is 0 Å². The normalized spacial score (nSPS) is 20.2. The number of rotatable bonds is 4. The Morgan fingerprint density at radius 2 is 2.05 bits per heavy atom. The number of nitrogens with zero attached hydrogens (tertiary/aromatic N) is 2. The summed E-state index contributed by atoms with van der Waals surface area (Å²) in [5, 5.41) is 2.12. The Balaban J connectivity index is 1.69. The first-order chi connectivity index (χ1) is 10.6. The molecule has 22 heavy (non-hydrogen) atoms. The summed E-state index contributed by atoms with van der Waals surface area (Å²) >= 11 is 1.56. The summed E-state index contributed by atoms with van der Waals surface area (Å²) < 4.78 is 0. The van der Waals surface area contributed by atoms with Crippen LogP contribution < -0.4 is 0 Å². The lowest BCUT2D eigenvalue weighted by atomic mass is 10.0. The Bertz CT molecular complexity index is 638. The molecule has 3 nitrogen and oxygen atoms in total. The van der Waals surface area contributed by atoms with Crippen molar-refractivity contribution in [1.82, 2.24) is 9.80 Å². The molecule has 1 atom stereocenters. The number of benzene rings is 1. The second kappa shape index (κ2) is 6.73. The van der Waals surface area contributed by atoms with Crippen LogP contribution in [0.4, 0.5) is 0 Å². The average Bonchev–Trinajstić information content (AvgIpc) is 2.99. The van der Waals surface area contributed by atoms with Gasteiger partial charge in [-0.1, -0.05) is 30.3 Å². The third kappa shape index (κ3) is 3.46. The fourth-order valence-corrected chi connectivity index (χ4v) is 3.82. The lowest BCUT2D eigenvalue weighted by Crippen LogP contribution is -2.46. The van der Waals surface area contributed by atoms with E-state index in [9.17, 15) is 4.79 Å². The van der Waals surface area contributed by atoms with Crippen LogP contribution in [0.15, 0.2) is 41.8 Å². The molecule has 2 heterocycles. The number of ketones is 1. The molecule has 4 heteroatoms. The highest BCUT2D eigenvalue weighted by molar-refractivity contribution is 7.12. The van der Waals surface area contributed by atoms with Gasteiger partial charge in [-0.2, -0.15) is 0 Å². The van der Waals surface area contributed by atoms with Gasteiger partial charge in [0.2, 0.25) is 0 Å². The standard InChI is InChI=1S/C18H22N2OS/c1-14(21)18-10-15(13-22-18)11-20-9-8-19(2)17(12-20)16-6-4-3-5-7-16/h3-7,10,13,17H,8-9,11-12H2,1-2H3/t17-/m1/s1. The van der Waals surface area contributed by atoms with E-state index in [1.54, 1.807) is 18.3 Å². The van der Waals surface area contributed by atoms with Crippen molar-refractivity contribution in [3.8, 4) is 0 Å². The van der Waals surface area contributed by atoms with Crippen LogP contribution in [0.5, 0.6) is 0 Å². The molecule has 0 N–H and O–H groups in total. The van der Waals surface area contributed by atoms with Crippen molar-refractivity contribution in [2.24, 2.45) is 0 Å². The molecule has 0 spiro atoms. The highest BCUT2D eigenvalue weighted by Crippen LogP contribution is 2.25. The van der Waals surface area contributed by atoms with Gasteiger partial charge in [-0.05, 0) is 36.5 Å². The molecule has 1 saturated heterocycles. The molecule has 0 saturated carbocycles. The van der Waals surface area contributed by atoms with Crippen molar-refractivity contribution >= 4 is 17.1 Å². The Kier molecular flexibility index (Phi) is 4.71. The maximum Gasteiger partial charge on any atom is 0.169 e. The highest BCUT2D eigenvalue weighted by atomic mass is 32.1. The van der Waals surface area contributed by atoms with Gasteiger partial charge in [-0.15, -0.1) is 11.3 Å². The van der Waals surface area contributed by atoms with Crippen molar-refractivity contribution in [2.45, 2.75) is 19.5 Å². The Morgan fingerprint density at radius 3 is 2.73 bits per heavy atom. The van der Waals surface area contributed by atoms with E-state index in [1.807, 2.05) is 6.07 Å². The molecule has 0 amide bonds. The fraction of sp³-hybridized carbons (Fsp3) is 0.389. The molecule has 2 aromatic rings. The summed E-state index contributed by atoms with van der Waals surface area (Å²) in [5.74, 6) is 0.164. The molecule has 1 aromatic heterocycles. The number of Topliss-reactive ketones (excluding diaryl/α,β-unsaturated/α-hetero) is 1. The molecule has 0 bridgehead atoms. The summed E-state index contributed by atoms with van der Waals surface area (Å²) in [4.78, 5) is 17.2. The SMILES string of the molecule is CC(=O)c1cc(CN2CCN(C)[C@@H](c3ccccc3)C2)cs1. The minimum atomic E-state index is 0.164. The Labute approximate surface area is 136 Å². The maximum absolute atomic E-state index is 11.4. The van der Waals surface area contributed by atoms with E-state index in [0.717, 1.165) is 31.1 Å². The van der Waals surface area contributed by atoms with Gasteiger partial charge in [-0.25, -0.2) is 0 Å². The molecule has 0 unspecified atom stereocenters. The van der Waals surface area contributed by atoms with Crippen molar-refractivity contribution in [2.75, 3.05) is 26.7 Å². The lowest BCUT2D eigenvalue weighted by Gasteiger charge is -2.39. The molecule has 116 valence electrons. The number of carbonyl (C=O) groups excluding carboxylic acids is 1. The molecular weight excluding hydrogens is 292 g/mol. The molecule has 1 aliphatic heterocycles. The first-order valence-electron chi connectivity index (χ1n) is 7.69. The number of piperazine rings is 1. The molecule has 1 aromatic carbocycles. The summed E-state index contributed by atoms with van der Waals surface area (Å²) in [7, 11) is 2.20. The molecule has 3 rings (SSSR count). The maximum atomic E-state index is 11.4. The Hall–Kier alpha value is -1.49. The van der Waals surface area contributed by atoms with Crippen molar-refractivity contribution in [1.29, 1.82) is 0 Å². The van der Waals surface area contributed by atoms with E-state index in [4.69, 9.17) is 0 Å². The van der Waals surface area contributed by atoms with E-state index < -0.39 is 0 Å². The van der Waals surface area contributed by atoms with E-state index in [1.165, 1.54) is 11.1 Å². The van der Waals surface area contributed by atoms with Crippen LogP contribution in [-0.2, 0) is 6.54 Å². The number of thiophene rings is 1. The summed E-state index contributed by atoms with van der Waals surface area (Å²) in [6, 6.07) is 13.2. The summed E-state index contributed by atoms with van der Waals surface area (Å²) in [5.41, 5.74) is 2.64. The fourth-order valence-electron chi connectivity index (χ4n) is 3.01. The first-order valence-corrected chi connectivity index (χ1v) is 8.57. The molecular formula is C18H22N2OS. The minimum Gasteiger partial charge on any atom is -0.297 e. The second-order valence-corrected chi connectivity index (χ2v) is 6.93. The summed E-state index contributed by atoms with van der Waals surface area (Å²) in [6.07, 6.45) is 0. The zero-order valence-corrected chi connectivity index (χ0v) is 14.0. The quantitative estimate of drug-likeness (QED) is 0.808. The second-order valence-electron chi connectivity index (χ2n) is 6.02.